The minimum absolute atomic E-state index is 0.328. The van der Waals surface area contributed by atoms with Gasteiger partial charge in [-0.25, -0.2) is 0 Å². The lowest BCUT2D eigenvalue weighted by molar-refractivity contribution is -0.341. The summed E-state index contributed by atoms with van der Waals surface area (Å²) in [4.78, 5) is 0. The van der Waals surface area contributed by atoms with Gasteiger partial charge in [0.2, 0.25) is 0 Å². The Hall–Kier alpha value is -1.02. The Morgan fingerprint density at radius 2 is 2.05 bits per heavy atom. The molecule has 0 aromatic heterocycles. The normalized spacial score (nSPS) is 38.5. The summed E-state index contributed by atoms with van der Waals surface area (Å²) in [6.45, 7) is 3.05. The highest BCUT2D eigenvalue weighted by Crippen LogP contribution is 2.34. The Morgan fingerprint density at radius 3 is 2.73 bits per heavy atom. The molecule has 0 radical (unpaired) electrons. The van der Waals surface area contributed by atoms with Crippen LogP contribution in [0.2, 0.25) is 0 Å². The van der Waals surface area contributed by atoms with Gasteiger partial charge < -0.3 is 29.4 Å². The van der Waals surface area contributed by atoms with Gasteiger partial charge in [-0.1, -0.05) is 37.3 Å². The van der Waals surface area contributed by atoms with Crippen molar-refractivity contribution in [2.75, 3.05) is 20.3 Å². The highest BCUT2D eigenvalue weighted by Gasteiger charge is 2.49. The van der Waals surface area contributed by atoms with Gasteiger partial charge in [0.15, 0.2) is 12.6 Å². The number of hydrogen-bond donors (Lipinski definition) is 2. The summed E-state index contributed by atoms with van der Waals surface area (Å²) in [5.74, 6) is 0. The van der Waals surface area contributed by atoms with Crippen molar-refractivity contribution in [3.63, 3.8) is 0 Å². The molecule has 6 nitrogen and oxygen atoms in total. The van der Waals surface area contributed by atoms with Gasteiger partial charge in [-0.15, -0.1) is 0 Å². The monoisotopic (exact) mass is 309 g/mol. The lowest BCUT2D eigenvalue weighted by Crippen LogP contribution is -2.65. The van der Waals surface area contributed by atoms with E-state index in [1.54, 1.807) is 7.11 Å². The van der Waals surface area contributed by atoms with Crippen molar-refractivity contribution in [2.24, 2.45) is 0 Å². The van der Waals surface area contributed by atoms with E-state index >= 15 is 0 Å². The van der Waals surface area contributed by atoms with E-state index in [0.717, 1.165) is 5.56 Å². The zero-order valence-corrected chi connectivity index (χ0v) is 12.8. The van der Waals surface area contributed by atoms with Crippen molar-refractivity contribution in [1.29, 1.82) is 0 Å². The molecule has 122 valence electrons. The molecular weight excluding hydrogens is 286 g/mol. The van der Waals surface area contributed by atoms with Gasteiger partial charge in [0.05, 0.1) is 12.6 Å². The van der Waals surface area contributed by atoms with E-state index < -0.39 is 24.8 Å². The van der Waals surface area contributed by atoms with E-state index in [4.69, 9.17) is 18.9 Å². The third kappa shape index (κ3) is 3.03. The smallest absolute Gasteiger partial charge is 0.184 e. The van der Waals surface area contributed by atoms with Crippen LogP contribution in [0.1, 0.15) is 18.8 Å². The van der Waals surface area contributed by atoms with E-state index in [9.17, 15) is 5.11 Å². The van der Waals surface area contributed by atoms with Crippen molar-refractivity contribution in [2.45, 2.75) is 43.9 Å². The van der Waals surface area contributed by atoms with Crippen molar-refractivity contribution in [3.05, 3.63) is 35.9 Å². The number of nitrogens with one attached hydrogen (secondary N) is 1. The second kappa shape index (κ2) is 7.04. The van der Waals surface area contributed by atoms with E-state index in [0.29, 0.717) is 13.2 Å². The fraction of sp³-hybridized carbons (Fsp3) is 0.625. The number of likely N-dealkylation sites (N-methyl/N-ethyl adjacent to an activating group) is 1. The molecule has 2 saturated heterocycles. The van der Waals surface area contributed by atoms with E-state index in [1.165, 1.54) is 0 Å². The average Bonchev–Trinajstić information content (AvgIpc) is 2.58. The maximum atomic E-state index is 10.7. The summed E-state index contributed by atoms with van der Waals surface area (Å²) in [5, 5.41) is 13.9. The molecule has 0 saturated carbocycles. The van der Waals surface area contributed by atoms with Crippen LogP contribution in [0.3, 0.4) is 0 Å². The zero-order chi connectivity index (χ0) is 15.5. The Labute approximate surface area is 130 Å². The Balaban J connectivity index is 1.74. The van der Waals surface area contributed by atoms with Crippen LogP contribution in [0, 0.1) is 0 Å². The van der Waals surface area contributed by atoms with Gasteiger partial charge in [-0.3, -0.25) is 0 Å². The number of benzene rings is 1. The molecule has 0 bridgehead atoms. The van der Waals surface area contributed by atoms with E-state index in [1.807, 2.05) is 37.3 Å². The maximum Gasteiger partial charge on any atom is 0.184 e. The van der Waals surface area contributed by atoms with Gasteiger partial charge >= 0.3 is 0 Å². The zero-order valence-electron chi connectivity index (χ0n) is 12.8. The molecule has 6 atom stereocenters. The first kappa shape index (κ1) is 15.9. The van der Waals surface area contributed by atoms with Gasteiger partial charge in [-0.05, 0) is 6.54 Å². The summed E-state index contributed by atoms with van der Waals surface area (Å²) in [6.07, 6.45) is -2.51. The fourth-order valence-corrected chi connectivity index (χ4v) is 3.03. The number of aliphatic hydroxyl groups excluding tert-OH is 1. The van der Waals surface area contributed by atoms with Crippen molar-refractivity contribution >= 4 is 0 Å². The highest BCUT2D eigenvalue weighted by molar-refractivity contribution is 5.16. The largest absolute Gasteiger partial charge is 0.388 e. The SMILES string of the molecule is CCN[C@H]1[C@H](OC)O[C@@H]2CO[C@@H](c3ccccc3)O[C@H]2[C@@H]1O. The van der Waals surface area contributed by atoms with Gasteiger partial charge in [0.1, 0.15) is 18.3 Å². The van der Waals surface area contributed by atoms with Gasteiger partial charge in [0.25, 0.3) is 0 Å². The highest BCUT2D eigenvalue weighted by atomic mass is 16.7. The average molecular weight is 309 g/mol. The third-order valence-corrected chi connectivity index (χ3v) is 4.11. The standard InChI is InChI=1S/C16H23NO5/c1-3-17-12-13(18)14-11(21-16(12)19-2)9-20-15(22-14)10-7-5-4-6-8-10/h4-8,11-18H,3,9H2,1-2H3/t11-,12-,13-,14-,15-,16-/m1/s1. The molecule has 22 heavy (non-hydrogen) atoms. The second-order valence-corrected chi connectivity index (χ2v) is 5.53. The molecule has 3 rings (SSSR count). The lowest BCUT2D eigenvalue weighted by Gasteiger charge is -2.47. The summed E-state index contributed by atoms with van der Waals surface area (Å²) in [5.41, 5.74) is 0.932. The minimum Gasteiger partial charge on any atom is -0.388 e. The molecule has 2 fully saturated rings. The molecule has 0 aliphatic carbocycles. The Kier molecular flexibility index (Phi) is 5.07. The van der Waals surface area contributed by atoms with E-state index in [-0.39, 0.29) is 12.1 Å². The number of methoxy groups -OCH3 is 1. The van der Waals surface area contributed by atoms with Crippen molar-refractivity contribution in [1.82, 2.24) is 5.32 Å². The van der Waals surface area contributed by atoms with Crippen LogP contribution in [0.25, 0.3) is 0 Å². The Morgan fingerprint density at radius 1 is 1.27 bits per heavy atom. The third-order valence-electron chi connectivity index (χ3n) is 4.11. The number of rotatable bonds is 4. The first-order valence-electron chi connectivity index (χ1n) is 7.66. The fourth-order valence-electron chi connectivity index (χ4n) is 3.03. The summed E-state index contributed by atoms with van der Waals surface area (Å²) in [7, 11) is 1.57. The van der Waals surface area contributed by atoms with E-state index in [2.05, 4.69) is 5.32 Å². The molecule has 0 unspecified atom stereocenters. The maximum absolute atomic E-state index is 10.7. The predicted molar refractivity (Wildman–Crippen MR) is 79.1 cm³/mol. The quantitative estimate of drug-likeness (QED) is 0.858. The number of hydrogen-bond acceptors (Lipinski definition) is 6. The summed E-state index contributed by atoms with van der Waals surface area (Å²) < 4.78 is 22.9. The molecule has 2 aliphatic rings. The van der Waals surface area contributed by atoms with Crippen LogP contribution in [0.4, 0.5) is 0 Å². The molecule has 1 aromatic carbocycles. The molecule has 0 spiro atoms. The molecule has 0 amide bonds. The van der Waals surface area contributed by atoms with Crippen LogP contribution in [0.15, 0.2) is 30.3 Å². The first-order chi connectivity index (χ1) is 10.7. The molecular formula is C16H23NO5. The van der Waals surface area contributed by atoms with Crippen molar-refractivity contribution in [3.8, 4) is 0 Å². The van der Waals surface area contributed by atoms with Crippen LogP contribution >= 0.6 is 0 Å². The summed E-state index contributed by atoms with van der Waals surface area (Å²) >= 11 is 0. The molecule has 2 heterocycles. The molecule has 2 aliphatic heterocycles. The van der Waals surface area contributed by atoms with Crippen molar-refractivity contribution < 1.29 is 24.1 Å². The minimum atomic E-state index is -0.723. The lowest BCUT2D eigenvalue weighted by atomic mass is 9.95. The predicted octanol–water partition coefficient (Wildman–Crippen LogP) is 0.811. The molecule has 2 N–H and O–H groups in total. The topological polar surface area (TPSA) is 69.2 Å². The van der Waals surface area contributed by atoms with Crippen LogP contribution in [0.5, 0.6) is 0 Å². The van der Waals surface area contributed by atoms with Gasteiger partial charge in [0, 0.05) is 12.7 Å². The molecule has 6 heteroatoms. The number of aliphatic hydroxyl groups is 1. The number of fused-ring (bicyclic) bond motifs is 1. The van der Waals surface area contributed by atoms with Crippen LogP contribution < -0.4 is 5.32 Å². The Bertz CT molecular complexity index is 471. The first-order valence-corrected chi connectivity index (χ1v) is 7.66. The molecule has 1 aromatic rings. The number of ether oxygens (including phenoxy) is 4. The van der Waals surface area contributed by atoms with Crippen LogP contribution in [-0.2, 0) is 18.9 Å². The van der Waals surface area contributed by atoms with Gasteiger partial charge in [-0.2, -0.15) is 0 Å². The van der Waals surface area contributed by atoms with Crippen LogP contribution in [-0.4, -0.2) is 56.0 Å². The summed E-state index contributed by atoms with van der Waals surface area (Å²) in [6, 6.07) is 9.37. The second-order valence-electron chi connectivity index (χ2n) is 5.53.